The number of halogens is 3. The van der Waals surface area contributed by atoms with E-state index in [4.69, 9.17) is 9.52 Å². The minimum absolute atomic E-state index is 0.000739. The van der Waals surface area contributed by atoms with Gasteiger partial charge < -0.3 is 14.8 Å². The van der Waals surface area contributed by atoms with Crippen LogP contribution in [0.15, 0.2) is 34.9 Å². The van der Waals surface area contributed by atoms with Crippen LogP contribution in [-0.2, 0) is 17.4 Å². The summed E-state index contributed by atoms with van der Waals surface area (Å²) in [4.78, 5) is 23.8. The first kappa shape index (κ1) is 21.5. The van der Waals surface area contributed by atoms with Crippen molar-refractivity contribution in [3.8, 4) is 0 Å². The van der Waals surface area contributed by atoms with Gasteiger partial charge in [-0.2, -0.15) is 13.2 Å². The van der Waals surface area contributed by atoms with Crippen LogP contribution in [0.4, 0.5) is 13.2 Å². The van der Waals surface area contributed by atoms with Gasteiger partial charge in [-0.25, -0.2) is 0 Å². The van der Waals surface area contributed by atoms with Crippen LogP contribution in [0.1, 0.15) is 59.6 Å². The van der Waals surface area contributed by atoms with Gasteiger partial charge >= 0.3 is 12.1 Å². The van der Waals surface area contributed by atoms with Gasteiger partial charge in [0.05, 0.1) is 23.4 Å². The maximum absolute atomic E-state index is 13.1. The maximum atomic E-state index is 13.1. The quantitative estimate of drug-likeness (QED) is 0.763. The summed E-state index contributed by atoms with van der Waals surface area (Å²) in [5.41, 5.74) is -0.574. The number of benzene rings is 1. The van der Waals surface area contributed by atoms with E-state index in [0.29, 0.717) is 11.1 Å². The normalized spacial score (nSPS) is 13.2. The molecule has 0 bridgehead atoms. The molecule has 5 nitrogen and oxygen atoms in total. The molecule has 1 atom stereocenters. The van der Waals surface area contributed by atoms with Crippen LogP contribution < -0.4 is 5.32 Å². The zero-order valence-electron chi connectivity index (χ0n) is 16.0. The van der Waals surface area contributed by atoms with Gasteiger partial charge in [0, 0.05) is 5.56 Å². The molecule has 0 saturated heterocycles. The number of carboxylic acids is 1. The Labute approximate surface area is 160 Å². The number of hydrogen-bond donors (Lipinski definition) is 2. The highest BCUT2D eigenvalue weighted by Crippen LogP contribution is 2.36. The Morgan fingerprint density at radius 1 is 1.21 bits per heavy atom. The highest BCUT2D eigenvalue weighted by Gasteiger charge is 2.34. The first-order chi connectivity index (χ1) is 12.8. The summed E-state index contributed by atoms with van der Waals surface area (Å²) in [6.45, 7) is 6.97. The van der Waals surface area contributed by atoms with Gasteiger partial charge in [0.2, 0.25) is 0 Å². The predicted octanol–water partition coefficient (Wildman–Crippen LogP) is 4.75. The number of alkyl halides is 3. The first-order valence-corrected chi connectivity index (χ1v) is 8.57. The van der Waals surface area contributed by atoms with E-state index in [-0.39, 0.29) is 11.3 Å². The number of aliphatic carboxylic acids is 1. The molecular formula is C20H22F3NO4. The average Bonchev–Trinajstić information content (AvgIpc) is 2.90. The number of carboxylic acid groups (broad SMARTS) is 1. The standard InChI is InChI=1S/C20H22F3NO4/c1-11-10-28-14(9-15(25)26)16(11)18(27)24-17(19(2,3)4)12-6-5-7-13(8-12)20(21,22)23/h5-8,10,17H,9H2,1-4H3,(H,24,27)(H,25,26). The lowest BCUT2D eigenvalue weighted by Gasteiger charge is -2.32. The van der Waals surface area contributed by atoms with Crippen LogP contribution in [0, 0.1) is 12.3 Å². The van der Waals surface area contributed by atoms with Crippen molar-refractivity contribution in [1.29, 1.82) is 0 Å². The Balaban J connectivity index is 2.41. The van der Waals surface area contributed by atoms with Crippen molar-refractivity contribution in [2.75, 3.05) is 0 Å². The first-order valence-electron chi connectivity index (χ1n) is 8.57. The van der Waals surface area contributed by atoms with E-state index in [9.17, 15) is 22.8 Å². The molecule has 1 amide bonds. The van der Waals surface area contributed by atoms with Crippen LogP contribution in [0.2, 0.25) is 0 Å². The summed E-state index contributed by atoms with van der Waals surface area (Å²) in [6, 6.07) is 4.05. The molecule has 0 saturated carbocycles. The van der Waals surface area contributed by atoms with E-state index in [0.717, 1.165) is 12.1 Å². The van der Waals surface area contributed by atoms with Crippen LogP contribution in [-0.4, -0.2) is 17.0 Å². The molecular weight excluding hydrogens is 375 g/mol. The van der Waals surface area contributed by atoms with Crippen molar-refractivity contribution < 1.29 is 32.3 Å². The van der Waals surface area contributed by atoms with Gasteiger partial charge in [-0.3, -0.25) is 9.59 Å². The van der Waals surface area contributed by atoms with Gasteiger partial charge in [-0.1, -0.05) is 32.9 Å². The monoisotopic (exact) mass is 397 g/mol. The topological polar surface area (TPSA) is 79.5 Å². The number of aryl methyl sites for hydroxylation is 1. The lowest BCUT2D eigenvalue weighted by Crippen LogP contribution is -2.37. The molecule has 0 radical (unpaired) electrons. The van der Waals surface area contributed by atoms with E-state index in [1.54, 1.807) is 27.7 Å². The Hall–Kier alpha value is -2.77. The van der Waals surface area contributed by atoms with Gasteiger partial charge in [0.25, 0.3) is 5.91 Å². The molecule has 1 aromatic heterocycles. The van der Waals surface area contributed by atoms with E-state index < -0.39 is 41.5 Å². The second-order valence-corrected chi connectivity index (χ2v) is 7.68. The molecule has 0 fully saturated rings. The third kappa shape index (κ3) is 4.94. The van der Waals surface area contributed by atoms with Gasteiger partial charge in [0.15, 0.2) is 0 Å². The molecule has 2 rings (SSSR count). The smallest absolute Gasteiger partial charge is 0.416 e. The Bertz CT molecular complexity index is 878. The van der Waals surface area contributed by atoms with Crippen molar-refractivity contribution in [2.24, 2.45) is 5.41 Å². The number of hydrogen-bond acceptors (Lipinski definition) is 3. The van der Waals surface area contributed by atoms with Gasteiger partial charge in [-0.15, -0.1) is 0 Å². The minimum atomic E-state index is -4.50. The van der Waals surface area contributed by atoms with Crippen molar-refractivity contribution in [3.05, 3.63) is 58.5 Å². The third-order valence-corrected chi connectivity index (χ3v) is 4.28. The third-order valence-electron chi connectivity index (χ3n) is 4.28. The molecule has 0 spiro atoms. The van der Waals surface area contributed by atoms with E-state index in [2.05, 4.69) is 5.32 Å². The maximum Gasteiger partial charge on any atom is 0.416 e. The van der Waals surface area contributed by atoms with Crippen molar-refractivity contribution in [3.63, 3.8) is 0 Å². The second kappa shape index (κ2) is 7.69. The average molecular weight is 397 g/mol. The summed E-state index contributed by atoms with van der Waals surface area (Å²) in [5.74, 6) is -1.76. The molecule has 28 heavy (non-hydrogen) atoms. The molecule has 2 N–H and O–H groups in total. The Kier molecular flexibility index (Phi) is 5.91. The molecule has 2 aromatic rings. The predicted molar refractivity (Wildman–Crippen MR) is 95.9 cm³/mol. The number of carbonyl (C=O) groups excluding carboxylic acids is 1. The fraction of sp³-hybridized carbons (Fsp3) is 0.400. The number of nitrogens with one attached hydrogen (secondary N) is 1. The zero-order chi connectivity index (χ0) is 21.3. The van der Waals surface area contributed by atoms with Gasteiger partial charge in [0.1, 0.15) is 12.2 Å². The summed E-state index contributed by atoms with van der Waals surface area (Å²) >= 11 is 0. The highest BCUT2D eigenvalue weighted by atomic mass is 19.4. The molecule has 0 aliphatic carbocycles. The lowest BCUT2D eigenvalue weighted by molar-refractivity contribution is -0.138. The van der Waals surface area contributed by atoms with Crippen LogP contribution in [0.5, 0.6) is 0 Å². The SMILES string of the molecule is Cc1coc(CC(=O)O)c1C(=O)NC(c1cccc(C(F)(F)F)c1)C(C)(C)C. The second-order valence-electron chi connectivity index (χ2n) is 7.68. The fourth-order valence-electron chi connectivity index (χ4n) is 2.97. The van der Waals surface area contributed by atoms with Crippen LogP contribution >= 0.6 is 0 Å². The lowest BCUT2D eigenvalue weighted by atomic mass is 9.81. The van der Waals surface area contributed by atoms with E-state index in [1.807, 2.05) is 0 Å². The number of rotatable bonds is 5. The zero-order valence-corrected chi connectivity index (χ0v) is 16.0. The Morgan fingerprint density at radius 2 is 1.86 bits per heavy atom. The molecule has 1 aromatic carbocycles. The molecule has 8 heteroatoms. The number of amides is 1. The summed E-state index contributed by atoms with van der Waals surface area (Å²) in [6.07, 6.45) is -3.69. The fourth-order valence-corrected chi connectivity index (χ4v) is 2.97. The Morgan fingerprint density at radius 3 is 2.39 bits per heavy atom. The van der Waals surface area contributed by atoms with E-state index in [1.165, 1.54) is 18.4 Å². The van der Waals surface area contributed by atoms with Gasteiger partial charge in [-0.05, 0) is 30.0 Å². The highest BCUT2D eigenvalue weighted by molar-refractivity contribution is 5.97. The molecule has 0 aliphatic rings. The van der Waals surface area contributed by atoms with Crippen molar-refractivity contribution in [2.45, 2.75) is 46.3 Å². The van der Waals surface area contributed by atoms with Crippen LogP contribution in [0.3, 0.4) is 0 Å². The summed E-state index contributed by atoms with van der Waals surface area (Å²) < 4.78 is 44.4. The number of carbonyl (C=O) groups is 2. The largest absolute Gasteiger partial charge is 0.481 e. The van der Waals surface area contributed by atoms with Crippen LogP contribution in [0.25, 0.3) is 0 Å². The summed E-state index contributed by atoms with van der Waals surface area (Å²) in [7, 11) is 0. The molecule has 152 valence electrons. The van der Waals surface area contributed by atoms with Crippen molar-refractivity contribution >= 4 is 11.9 Å². The van der Waals surface area contributed by atoms with E-state index >= 15 is 0 Å². The molecule has 1 unspecified atom stereocenters. The molecule has 1 heterocycles. The van der Waals surface area contributed by atoms with Crippen molar-refractivity contribution in [1.82, 2.24) is 5.32 Å². The molecule has 0 aliphatic heterocycles. The summed E-state index contributed by atoms with van der Waals surface area (Å²) in [5, 5.41) is 11.7. The minimum Gasteiger partial charge on any atom is -0.481 e. The number of furan rings is 1.